The standard InChI is InChI=1S/C22H30NO4P/c1-13(2)20(24)17-8-10-18(11-9-17)27-22(6,7)21(25)26-12-19-16(5)28-15(4)14(3)23-19/h8-11,13,16,28H,12H2,1-7H3. The van der Waals surface area contributed by atoms with E-state index >= 15 is 0 Å². The number of carbonyl (C=O) groups is 2. The second-order valence-electron chi connectivity index (χ2n) is 7.91. The highest BCUT2D eigenvalue weighted by Crippen LogP contribution is 2.36. The number of carbonyl (C=O) groups excluding carboxylic acids is 2. The molecule has 1 aliphatic heterocycles. The lowest BCUT2D eigenvalue weighted by atomic mass is 10.0. The molecule has 2 atom stereocenters. The molecule has 2 unspecified atom stereocenters. The van der Waals surface area contributed by atoms with E-state index in [9.17, 15) is 9.59 Å². The average molecular weight is 403 g/mol. The molecule has 5 nitrogen and oxygen atoms in total. The van der Waals surface area contributed by atoms with Crippen LogP contribution in [0.4, 0.5) is 0 Å². The fourth-order valence-electron chi connectivity index (χ4n) is 2.74. The number of ether oxygens (including phenoxy) is 2. The second-order valence-corrected chi connectivity index (χ2v) is 9.82. The van der Waals surface area contributed by atoms with Crippen molar-refractivity contribution in [2.75, 3.05) is 6.61 Å². The van der Waals surface area contributed by atoms with E-state index in [4.69, 9.17) is 9.47 Å². The van der Waals surface area contributed by atoms with Crippen LogP contribution in [0.5, 0.6) is 5.75 Å². The van der Waals surface area contributed by atoms with Crippen molar-refractivity contribution in [2.24, 2.45) is 10.9 Å². The van der Waals surface area contributed by atoms with Crippen LogP contribution < -0.4 is 4.74 Å². The summed E-state index contributed by atoms with van der Waals surface area (Å²) in [5.41, 5.74) is 1.67. The largest absolute Gasteiger partial charge is 0.476 e. The Bertz CT molecular complexity index is 806. The first-order valence-electron chi connectivity index (χ1n) is 9.53. The Morgan fingerprint density at radius 3 is 2.36 bits per heavy atom. The van der Waals surface area contributed by atoms with E-state index in [2.05, 4.69) is 18.8 Å². The highest BCUT2D eigenvalue weighted by molar-refractivity contribution is 7.45. The number of allylic oxidation sites excluding steroid dienone is 2. The van der Waals surface area contributed by atoms with Crippen molar-refractivity contribution >= 4 is 26.0 Å². The van der Waals surface area contributed by atoms with Crippen LogP contribution in [0.3, 0.4) is 0 Å². The van der Waals surface area contributed by atoms with E-state index < -0.39 is 11.6 Å². The summed E-state index contributed by atoms with van der Waals surface area (Å²) in [5.74, 6) is 0.0811. The zero-order valence-electron chi connectivity index (χ0n) is 17.8. The van der Waals surface area contributed by atoms with Crippen LogP contribution in [0.25, 0.3) is 0 Å². The summed E-state index contributed by atoms with van der Waals surface area (Å²) in [6, 6.07) is 6.84. The van der Waals surface area contributed by atoms with Crippen LogP contribution in [0.1, 0.15) is 58.8 Å². The monoisotopic (exact) mass is 403 g/mol. The topological polar surface area (TPSA) is 65.0 Å². The van der Waals surface area contributed by atoms with Crippen LogP contribution in [0.2, 0.25) is 0 Å². The molecule has 0 amide bonds. The SMILES string of the molecule is CC1=C(C)PC(C)C(COC(=O)C(C)(C)Oc2ccc(C(=O)C(C)C)cc2)=N1. The van der Waals surface area contributed by atoms with E-state index in [1.807, 2.05) is 20.8 Å². The van der Waals surface area contributed by atoms with E-state index in [0.717, 1.165) is 11.4 Å². The lowest BCUT2D eigenvalue weighted by molar-refractivity contribution is -0.157. The average Bonchev–Trinajstić information content (AvgIpc) is 2.63. The van der Waals surface area contributed by atoms with Crippen LogP contribution >= 0.6 is 8.58 Å². The van der Waals surface area contributed by atoms with Crippen LogP contribution in [0.15, 0.2) is 40.3 Å². The predicted octanol–water partition coefficient (Wildman–Crippen LogP) is 5.00. The van der Waals surface area contributed by atoms with Gasteiger partial charge in [-0.25, -0.2) is 4.79 Å². The van der Waals surface area contributed by atoms with Crippen molar-refractivity contribution in [2.45, 2.75) is 59.7 Å². The van der Waals surface area contributed by atoms with Crippen molar-refractivity contribution in [3.63, 3.8) is 0 Å². The van der Waals surface area contributed by atoms with E-state index in [1.165, 1.54) is 5.31 Å². The maximum absolute atomic E-state index is 12.6. The highest BCUT2D eigenvalue weighted by Gasteiger charge is 2.33. The summed E-state index contributed by atoms with van der Waals surface area (Å²) in [5, 5.41) is 1.30. The highest BCUT2D eigenvalue weighted by atomic mass is 31.1. The van der Waals surface area contributed by atoms with E-state index in [0.29, 0.717) is 19.9 Å². The minimum Gasteiger partial charge on any atom is -0.476 e. The van der Waals surface area contributed by atoms with Gasteiger partial charge in [0.05, 0.1) is 5.71 Å². The Labute approximate surface area is 169 Å². The summed E-state index contributed by atoms with van der Waals surface area (Å²) < 4.78 is 11.3. The summed E-state index contributed by atoms with van der Waals surface area (Å²) in [4.78, 5) is 29.2. The van der Waals surface area contributed by atoms with Gasteiger partial charge in [-0.1, -0.05) is 29.4 Å². The van der Waals surface area contributed by atoms with Gasteiger partial charge in [0.2, 0.25) is 0 Å². The van der Waals surface area contributed by atoms with Gasteiger partial charge in [-0.2, -0.15) is 0 Å². The Kier molecular flexibility index (Phi) is 7.16. The molecule has 0 fully saturated rings. The number of hydrogen-bond acceptors (Lipinski definition) is 5. The Hall–Kier alpha value is -2.00. The molecule has 2 rings (SSSR count). The molecule has 1 aromatic carbocycles. The van der Waals surface area contributed by atoms with Crippen molar-refractivity contribution < 1.29 is 19.1 Å². The molecule has 0 spiro atoms. The fraction of sp³-hybridized carbons (Fsp3) is 0.500. The Balaban J connectivity index is 1.99. The normalized spacial score (nSPS) is 18.3. The molecule has 28 heavy (non-hydrogen) atoms. The van der Waals surface area contributed by atoms with Gasteiger partial charge in [-0.3, -0.25) is 9.79 Å². The third kappa shape index (κ3) is 5.51. The number of rotatable bonds is 7. The molecule has 0 radical (unpaired) electrons. The zero-order valence-corrected chi connectivity index (χ0v) is 18.8. The zero-order chi connectivity index (χ0) is 21.1. The third-order valence-electron chi connectivity index (χ3n) is 4.67. The van der Waals surface area contributed by atoms with Crippen molar-refractivity contribution in [3.05, 3.63) is 40.8 Å². The summed E-state index contributed by atoms with van der Waals surface area (Å²) in [6.45, 7) is 13.4. The van der Waals surface area contributed by atoms with Gasteiger partial charge >= 0.3 is 5.97 Å². The molecule has 0 aromatic heterocycles. The molecule has 6 heteroatoms. The summed E-state index contributed by atoms with van der Waals surface area (Å²) >= 11 is 0. The Morgan fingerprint density at radius 2 is 1.79 bits per heavy atom. The van der Waals surface area contributed by atoms with Gasteiger partial charge in [0, 0.05) is 22.8 Å². The summed E-state index contributed by atoms with van der Waals surface area (Å²) in [7, 11) is 0.671. The first-order valence-corrected chi connectivity index (χ1v) is 10.6. The van der Waals surface area contributed by atoms with Gasteiger partial charge in [-0.15, -0.1) is 0 Å². The lowest BCUT2D eigenvalue weighted by Gasteiger charge is -2.26. The number of ketones is 1. The van der Waals surface area contributed by atoms with Gasteiger partial charge in [0.15, 0.2) is 11.4 Å². The quantitative estimate of drug-likeness (QED) is 0.365. The van der Waals surface area contributed by atoms with Crippen molar-refractivity contribution in [1.29, 1.82) is 0 Å². The molecule has 1 heterocycles. The number of benzene rings is 1. The number of esters is 1. The van der Waals surface area contributed by atoms with Gasteiger partial charge < -0.3 is 9.47 Å². The number of nitrogens with zero attached hydrogens (tertiary/aromatic N) is 1. The molecule has 1 aromatic rings. The molecule has 152 valence electrons. The minimum absolute atomic E-state index is 0.0637. The predicted molar refractivity (Wildman–Crippen MR) is 115 cm³/mol. The summed E-state index contributed by atoms with van der Waals surface area (Å²) in [6.07, 6.45) is 0. The Morgan fingerprint density at radius 1 is 1.18 bits per heavy atom. The van der Waals surface area contributed by atoms with E-state index in [1.54, 1.807) is 38.1 Å². The smallest absolute Gasteiger partial charge is 0.350 e. The van der Waals surface area contributed by atoms with Crippen LogP contribution in [0, 0.1) is 5.92 Å². The maximum atomic E-state index is 12.6. The van der Waals surface area contributed by atoms with E-state index in [-0.39, 0.29) is 24.0 Å². The molecular formula is C22H30NO4P. The van der Waals surface area contributed by atoms with Crippen LogP contribution in [-0.4, -0.2) is 35.3 Å². The van der Waals surface area contributed by atoms with Gasteiger partial charge in [-0.05, 0) is 57.3 Å². The number of Topliss-reactive ketones (excluding diaryl/α,β-unsaturated/α-hetero) is 1. The number of aliphatic imine (C=N–C) groups is 1. The molecule has 0 saturated carbocycles. The van der Waals surface area contributed by atoms with Crippen molar-refractivity contribution in [1.82, 2.24) is 0 Å². The molecule has 1 aliphatic rings. The molecule has 0 aliphatic carbocycles. The van der Waals surface area contributed by atoms with Crippen molar-refractivity contribution in [3.8, 4) is 5.75 Å². The maximum Gasteiger partial charge on any atom is 0.350 e. The molecular weight excluding hydrogens is 373 g/mol. The first-order chi connectivity index (χ1) is 13.0. The lowest BCUT2D eigenvalue weighted by Crippen LogP contribution is -2.41. The van der Waals surface area contributed by atoms with Crippen LogP contribution in [-0.2, 0) is 9.53 Å². The minimum atomic E-state index is -1.15. The molecule has 0 bridgehead atoms. The second kappa shape index (κ2) is 9.00. The van der Waals surface area contributed by atoms with Gasteiger partial charge in [0.25, 0.3) is 0 Å². The molecule has 0 saturated heterocycles. The fourth-order valence-corrected chi connectivity index (χ4v) is 3.96. The number of hydrogen-bond donors (Lipinski definition) is 0. The molecule has 0 N–H and O–H groups in total. The third-order valence-corrected chi connectivity index (χ3v) is 6.23. The first kappa shape index (κ1) is 22.3. The van der Waals surface area contributed by atoms with Gasteiger partial charge in [0.1, 0.15) is 12.4 Å².